The van der Waals surface area contributed by atoms with Crippen molar-refractivity contribution in [1.29, 1.82) is 0 Å². The van der Waals surface area contributed by atoms with Gasteiger partial charge in [-0.3, -0.25) is 4.79 Å². The van der Waals surface area contributed by atoms with E-state index >= 15 is 0 Å². The third-order valence-electron chi connectivity index (χ3n) is 2.70. The van der Waals surface area contributed by atoms with E-state index < -0.39 is 0 Å². The zero-order valence-electron chi connectivity index (χ0n) is 9.66. The van der Waals surface area contributed by atoms with Gasteiger partial charge in [-0.15, -0.1) is 0 Å². The summed E-state index contributed by atoms with van der Waals surface area (Å²) in [7, 11) is 1.58. The minimum absolute atomic E-state index is 0.179. The van der Waals surface area contributed by atoms with Crippen molar-refractivity contribution >= 4 is 5.78 Å². The Kier molecular flexibility index (Phi) is 3.13. The fourth-order valence-electron chi connectivity index (χ4n) is 1.70. The molecule has 0 heterocycles. The molecule has 0 unspecified atom stereocenters. The minimum Gasteiger partial charge on any atom is -0.496 e. The third kappa shape index (κ3) is 2.18. The Morgan fingerprint density at radius 2 is 2.19 bits per heavy atom. The van der Waals surface area contributed by atoms with Crippen LogP contribution in [0.25, 0.3) is 0 Å². The second kappa shape index (κ2) is 4.56. The Hall–Kier alpha value is -1.51. The molecule has 1 aliphatic carbocycles. The van der Waals surface area contributed by atoms with Gasteiger partial charge in [0.05, 0.1) is 19.3 Å². The molecular formula is C13H16O3. The molecule has 0 atom stereocenters. The Morgan fingerprint density at radius 3 is 2.75 bits per heavy atom. The zero-order chi connectivity index (χ0) is 11.5. The van der Waals surface area contributed by atoms with Gasteiger partial charge in [0.2, 0.25) is 0 Å². The van der Waals surface area contributed by atoms with Gasteiger partial charge in [-0.05, 0) is 38.0 Å². The maximum Gasteiger partial charge on any atom is 0.169 e. The highest BCUT2D eigenvalue weighted by atomic mass is 16.5. The van der Waals surface area contributed by atoms with Gasteiger partial charge in [-0.2, -0.15) is 0 Å². The second-order valence-corrected chi connectivity index (χ2v) is 3.93. The van der Waals surface area contributed by atoms with Crippen LogP contribution in [0, 0.1) is 5.92 Å². The minimum atomic E-state index is 0.179. The van der Waals surface area contributed by atoms with Crippen molar-refractivity contribution in [2.75, 3.05) is 13.7 Å². The average Bonchev–Trinajstić information content (AvgIpc) is 3.12. The van der Waals surface area contributed by atoms with Gasteiger partial charge in [0.25, 0.3) is 0 Å². The van der Waals surface area contributed by atoms with Gasteiger partial charge < -0.3 is 9.47 Å². The summed E-state index contributed by atoms with van der Waals surface area (Å²) in [6.07, 6.45) is 2.00. The number of ketones is 1. The first-order valence-corrected chi connectivity index (χ1v) is 5.61. The van der Waals surface area contributed by atoms with Gasteiger partial charge in [0, 0.05) is 5.92 Å². The highest BCUT2D eigenvalue weighted by molar-refractivity contribution is 6.02. The maximum absolute atomic E-state index is 12.0. The summed E-state index contributed by atoms with van der Waals surface area (Å²) in [5.74, 6) is 1.75. The van der Waals surface area contributed by atoms with Crippen LogP contribution in [0.2, 0.25) is 0 Å². The van der Waals surface area contributed by atoms with E-state index in [2.05, 4.69) is 0 Å². The molecule has 1 aliphatic rings. The Bertz CT molecular complexity index is 394. The maximum atomic E-state index is 12.0. The van der Waals surface area contributed by atoms with Gasteiger partial charge in [-0.25, -0.2) is 0 Å². The lowest BCUT2D eigenvalue weighted by atomic mass is 10.1. The van der Waals surface area contributed by atoms with E-state index in [9.17, 15) is 4.79 Å². The summed E-state index contributed by atoms with van der Waals surface area (Å²) in [6.45, 7) is 2.52. The quantitative estimate of drug-likeness (QED) is 0.716. The molecule has 0 radical (unpaired) electrons. The van der Waals surface area contributed by atoms with E-state index in [4.69, 9.17) is 9.47 Å². The van der Waals surface area contributed by atoms with E-state index in [1.54, 1.807) is 19.2 Å². The normalized spacial score (nSPS) is 14.6. The Morgan fingerprint density at radius 1 is 1.44 bits per heavy atom. The number of hydrogen-bond donors (Lipinski definition) is 0. The number of hydrogen-bond acceptors (Lipinski definition) is 3. The number of carbonyl (C=O) groups excluding carboxylic acids is 1. The van der Waals surface area contributed by atoms with Crippen LogP contribution in [0.5, 0.6) is 11.5 Å². The SMILES string of the molecule is CCOc1ccc(OC)c(C(=O)C2CC2)c1. The molecule has 0 amide bonds. The topological polar surface area (TPSA) is 35.5 Å². The molecule has 0 spiro atoms. The van der Waals surface area contributed by atoms with Crippen LogP contribution >= 0.6 is 0 Å². The van der Waals surface area contributed by atoms with Crippen molar-refractivity contribution in [2.24, 2.45) is 5.92 Å². The summed E-state index contributed by atoms with van der Waals surface area (Å²) in [5, 5.41) is 0. The summed E-state index contributed by atoms with van der Waals surface area (Å²) < 4.78 is 10.6. The van der Waals surface area contributed by atoms with Crippen LogP contribution in [0.4, 0.5) is 0 Å². The molecule has 1 saturated carbocycles. The zero-order valence-corrected chi connectivity index (χ0v) is 9.66. The van der Waals surface area contributed by atoms with Gasteiger partial charge in [-0.1, -0.05) is 0 Å². The number of benzene rings is 1. The predicted octanol–water partition coefficient (Wildman–Crippen LogP) is 2.69. The van der Waals surface area contributed by atoms with Crippen molar-refractivity contribution in [1.82, 2.24) is 0 Å². The number of ether oxygens (including phenoxy) is 2. The molecule has 3 heteroatoms. The predicted molar refractivity (Wildman–Crippen MR) is 61.2 cm³/mol. The number of rotatable bonds is 5. The Labute approximate surface area is 95.4 Å². The Balaban J connectivity index is 2.30. The lowest BCUT2D eigenvalue weighted by molar-refractivity contribution is 0.0964. The van der Waals surface area contributed by atoms with Gasteiger partial charge >= 0.3 is 0 Å². The first kappa shape index (κ1) is 11.0. The molecule has 0 saturated heterocycles. The molecule has 2 rings (SSSR count). The van der Waals surface area contributed by atoms with Crippen LogP contribution in [-0.2, 0) is 0 Å². The van der Waals surface area contributed by atoms with Crippen LogP contribution in [0.1, 0.15) is 30.1 Å². The van der Waals surface area contributed by atoms with Crippen LogP contribution in [-0.4, -0.2) is 19.5 Å². The van der Waals surface area contributed by atoms with E-state index in [0.29, 0.717) is 17.9 Å². The molecule has 16 heavy (non-hydrogen) atoms. The lowest BCUT2D eigenvalue weighted by Crippen LogP contribution is -2.05. The smallest absolute Gasteiger partial charge is 0.169 e. The van der Waals surface area contributed by atoms with Gasteiger partial charge in [0.1, 0.15) is 11.5 Å². The molecule has 1 aromatic rings. The van der Waals surface area contributed by atoms with Crippen LogP contribution in [0.15, 0.2) is 18.2 Å². The standard InChI is InChI=1S/C13H16O3/c1-3-16-10-6-7-12(15-2)11(8-10)13(14)9-4-5-9/h6-9H,3-5H2,1-2H3. The molecule has 0 bridgehead atoms. The van der Waals surface area contributed by atoms with E-state index in [0.717, 1.165) is 18.6 Å². The molecule has 0 aliphatic heterocycles. The first-order chi connectivity index (χ1) is 7.76. The molecule has 3 nitrogen and oxygen atoms in total. The van der Waals surface area contributed by atoms with E-state index in [1.165, 1.54) is 0 Å². The van der Waals surface area contributed by atoms with Crippen molar-refractivity contribution in [2.45, 2.75) is 19.8 Å². The highest BCUT2D eigenvalue weighted by Crippen LogP contribution is 2.36. The van der Waals surface area contributed by atoms with Crippen LogP contribution in [0.3, 0.4) is 0 Å². The van der Waals surface area contributed by atoms with Crippen molar-refractivity contribution in [3.05, 3.63) is 23.8 Å². The monoisotopic (exact) mass is 220 g/mol. The number of Topliss-reactive ketones (excluding diaryl/α,β-unsaturated/α-hetero) is 1. The summed E-state index contributed by atoms with van der Waals surface area (Å²) >= 11 is 0. The first-order valence-electron chi connectivity index (χ1n) is 5.61. The molecule has 1 fully saturated rings. The fourth-order valence-corrected chi connectivity index (χ4v) is 1.70. The largest absolute Gasteiger partial charge is 0.496 e. The molecule has 0 N–H and O–H groups in total. The molecule has 1 aromatic carbocycles. The number of carbonyl (C=O) groups is 1. The van der Waals surface area contributed by atoms with Crippen molar-refractivity contribution in [3.63, 3.8) is 0 Å². The molecular weight excluding hydrogens is 204 g/mol. The summed E-state index contributed by atoms with van der Waals surface area (Å²) in [6, 6.07) is 5.40. The highest BCUT2D eigenvalue weighted by Gasteiger charge is 2.32. The molecule has 86 valence electrons. The molecule has 0 aromatic heterocycles. The fraction of sp³-hybridized carbons (Fsp3) is 0.462. The van der Waals surface area contributed by atoms with Crippen LogP contribution < -0.4 is 9.47 Å². The summed E-state index contributed by atoms with van der Waals surface area (Å²) in [5.41, 5.74) is 0.649. The average molecular weight is 220 g/mol. The van der Waals surface area contributed by atoms with Crippen molar-refractivity contribution in [3.8, 4) is 11.5 Å². The van der Waals surface area contributed by atoms with E-state index in [1.807, 2.05) is 13.0 Å². The van der Waals surface area contributed by atoms with Crippen molar-refractivity contribution < 1.29 is 14.3 Å². The lowest BCUT2D eigenvalue weighted by Gasteiger charge is -2.10. The van der Waals surface area contributed by atoms with Gasteiger partial charge in [0.15, 0.2) is 5.78 Å². The second-order valence-electron chi connectivity index (χ2n) is 3.93. The third-order valence-corrected chi connectivity index (χ3v) is 2.70. The van der Waals surface area contributed by atoms with E-state index in [-0.39, 0.29) is 11.7 Å². The number of methoxy groups -OCH3 is 1. The summed E-state index contributed by atoms with van der Waals surface area (Å²) in [4.78, 5) is 12.0.